The van der Waals surface area contributed by atoms with Gasteiger partial charge < -0.3 is 20.5 Å². The molecule has 3 N–H and O–H groups in total. The molecule has 4 aromatic rings. The highest BCUT2D eigenvalue weighted by molar-refractivity contribution is 5.97. The maximum Gasteiger partial charge on any atom is 0.259 e. The molecule has 2 aromatic heterocycles. The number of anilines is 3. The quantitative estimate of drug-likeness (QED) is 0.263. The van der Waals surface area contributed by atoms with Crippen LogP contribution in [0, 0.1) is 11.7 Å². The van der Waals surface area contributed by atoms with Crippen LogP contribution in [0.25, 0.3) is 22.2 Å². The standard InChI is InChI=1S/C32H32FN5O3/c33-25-18-23(36-30(39)20-6-2-1-3-7-20)12-13-24(25)27-19-28(29-26(37-27)14-15-34-31(29)40)35-22-10-8-21(9-11-22)32(41)38-16-4-5-17-38/h8-15,18-20H,1-7,16-17H2,(H,34,40)(H,35,37)(H,36,39). The largest absolute Gasteiger partial charge is 0.355 e. The van der Waals surface area contributed by atoms with Crippen LogP contribution >= 0.6 is 0 Å². The molecule has 3 heterocycles. The summed E-state index contributed by atoms with van der Waals surface area (Å²) in [5.41, 5.74) is 2.81. The molecule has 2 aromatic carbocycles. The maximum atomic E-state index is 15.4. The normalized spacial score (nSPS) is 15.7. The molecule has 210 valence electrons. The zero-order valence-electron chi connectivity index (χ0n) is 22.7. The lowest BCUT2D eigenvalue weighted by molar-refractivity contribution is -0.120. The van der Waals surface area contributed by atoms with Gasteiger partial charge in [0.25, 0.3) is 11.5 Å². The number of carbonyl (C=O) groups is 2. The van der Waals surface area contributed by atoms with E-state index in [1.165, 1.54) is 12.3 Å². The predicted octanol–water partition coefficient (Wildman–Crippen LogP) is 6.23. The Balaban J connectivity index is 1.28. The molecule has 0 bridgehead atoms. The SMILES string of the molecule is O=C(Nc1ccc(-c2cc(Nc3ccc(C(=O)N4CCCC4)cc3)c3c(=O)[nH]ccc3n2)c(F)c1)C1CCCCC1. The summed E-state index contributed by atoms with van der Waals surface area (Å²) in [5.74, 6) is -0.623. The number of aromatic amines is 1. The number of benzene rings is 2. The van der Waals surface area contributed by atoms with Gasteiger partial charge in [-0.1, -0.05) is 19.3 Å². The zero-order chi connectivity index (χ0) is 28.3. The van der Waals surface area contributed by atoms with Gasteiger partial charge in [0.15, 0.2) is 0 Å². The molecule has 2 aliphatic rings. The summed E-state index contributed by atoms with van der Waals surface area (Å²) < 4.78 is 15.4. The number of carbonyl (C=O) groups excluding carboxylic acids is 2. The number of H-pyrrole nitrogens is 1. The third-order valence-corrected chi connectivity index (χ3v) is 8.02. The van der Waals surface area contributed by atoms with Crippen molar-refractivity contribution in [2.75, 3.05) is 23.7 Å². The molecule has 1 saturated carbocycles. The first-order chi connectivity index (χ1) is 20.0. The molecule has 41 heavy (non-hydrogen) atoms. The Bertz CT molecular complexity index is 1650. The van der Waals surface area contributed by atoms with Crippen molar-refractivity contribution in [1.29, 1.82) is 0 Å². The van der Waals surface area contributed by atoms with E-state index in [4.69, 9.17) is 0 Å². The summed E-state index contributed by atoms with van der Waals surface area (Å²) >= 11 is 0. The van der Waals surface area contributed by atoms with Gasteiger partial charge in [0.05, 0.1) is 22.3 Å². The molecule has 2 amide bonds. The van der Waals surface area contributed by atoms with E-state index in [0.717, 1.165) is 58.0 Å². The maximum absolute atomic E-state index is 15.4. The topological polar surface area (TPSA) is 107 Å². The van der Waals surface area contributed by atoms with Gasteiger partial charge in [-0.2, -0.15) is 0 Å². The Morgan fingerprint density at radius 1 is 0.902 bits per heavy atom. The smallest absolute Gasteiger partial charge is 0.259 e. The fourth-order valence-electron chi connectivity index (χ4n) is 5.79. The molecule has 1 aliphatic carbocycles. The second-order valence-corrected chi connectivity index (χ2v) is 10.8. The number of nitrogens with zero attached hydrogens (tertiary/aromatic N) is 2. The Labute approximate surface area is 237 Å². The number of nitrogens with one attached hydrogen (secondary N) is 3. The number of hydrogen-bond acceptors (Lipinski definition) is 5. The predicted molar refractivity (Wildman–Crippen MR) is 158 cm³/mol. The van der Waals surface area contributed by atoms with Crippen molar-refractivity contribution in [3.05, 3.63) is 82.5 Å². The minimum Gasteiger partial charge on any atom is -0.355 e. The molecule has 8 nitrogen and oxygen atoms in total. The highest BCUT2D eigenvalue weighted by Crippen LogP contribution is 2.32. The summed E-state index contributed by atoms with van der Waals surface area (Å²) in [6.07, 6.45) is 8.51. The number of rotatable bonds is 6. The monoisotopic (exact) mass is 553 g/mol. The van der Waals surface area contributed by atoms with E-state index in [9.17, 15) is 14.4 Å². The molecule has 0 spiro atoms. The number of pyridine rings is 2. The van der Waals surface area contributed by atoms with E-state index in [1.807, 2.05) is 4.90 Å². The number of aromatic nitrogens is 2. The number of fused-ring (bicyclic) bond motifs is 1. The van der Waals surface area contributed by atoms with Gasteiger partial charge >= 0.3 is 0 Å². The van der Waals surface area contributed by atoms with E-state index < -0.39 is 5.82 Å². The van der Waals surface area contributed by atoms with Crippen LogP contribution in [0.2, 0.25) is 0 Å². The molecule has 1 saturated heterocycles. The minimum absolute atomic E-state index is 0.0102. The Morgan fingerprint density at radius 3 is 2.37 bits per heavy atom. The van der Waals surface area contributed by atoms with Crippen LogP contribution in [-0.2, 0) is 4.79 Å². The Kier molecular flexibility index (Phi) is 7.50. The van der Waals surface area contributed by atoms with Crippen molar-refractivity contribution < 1.29 is 14.0 Å². The highest BCUT2D eigenvalue weighted by Gasteiger charge is 2.22. The molecular weight excluding hydrogens is 521 g/mol. The average Bonchev–Trinajstić information content (AvgIpc) is 3.53. The summed E-state index contributed by atoms with van der Waals surface area (Å²) in [6, 6.07) is 15.0. The second kappa shape index (κ2) is 11.5. The van der Waals surface area contributed by atoms with Gasteiger partial charge in [0.1, 0.15) is 5.82 Å². The van der Waals surface area contributed by atoms with Crippen molar-refractivity contribution in [3.8, 4) is 11.3 Å². The fourth-order valence-corrected chi connectivity index (χ4v) is 5.79. The lowest BCUT2D eigenvalue weighted by atomic mass is 9.88. The van der Waals surface area contributed by atoms with Crippen LogP contribution in [0.5, 0.6) is 0 Å². The third kappa shape index (κ3) is 5.70. The number of hydrogen-bond donors (Lipinski definition) is 3. The van der Waals surface area contributed by atoms with Crippen molar-refractivity contribution in [2.45, 2.75) is 44.9 Å². The lowest BCUT2D eigenvalue weighted by Gasteiger charge is -2.20. The molecule has 0 radical (unpaired) electrons. The van der Waals surface area contributed by atoms with E-state index in [0.29, 0.717) is 39.2 Å². The number of amides is 2. The number of halogens is 1. The minimum atomic E-state index is -0.529. The van der Waals surface area contributed by atoms with Crippen molar-refractivity contribution in [3.63, 3.8) is 0 Å². The van der Waals surface area contributed by atoms with Crippen LogP contribution in [0.3, 0.4) is 0 Å². The van der Waals surface area contributed by atoms with Crippen LogP contribution in [0.15, 0.2) is 65.6 Å². The first-order valence-electron chi connectivity index (χ1n) is 14.3. The van der Waals surface area contributed by atoms with Gasteiger partial charge in [-0.05, 0) is 80.3 Å². The summed E-state index contributed by atoms with van der Waals surface area (Å²) in [7, 11) is 0. The Hall–Kier alpha value is -4.53. The van der Waals surface area contributed by atoms with E-state index >= 15 is 4.39 Å². The van der Waals surface area contributed by atoms with Gasteiger partial charge in [-0.3, -0.25) is 14.4 Å². The van der Waals surface area contributed by atoms with E-state index in [1.54, 1.807) is 48.5 Å². The molecule has 2 fully saturated rings. The van der Waals surface area contributed by atoms with Crippen LogP contribution in [0.4, 0.5) is 21.5 Å². The fraction of sp³-hybridized carbons (Fsp3) is 0.312. The zero-order valence-corrected chi connectivity index (χ0v) is 22.7. The molecule has 0 unspecified atom stereocenters. The number of likely N-dealkylation sites (tertiary alicyclic amines) is 1. The lowest BCUT2D eigenvalue weighted by Crippen LogP contribution is -2.27. The average molecular weight is 554 g/mol. The first-order valence-corrected chi connectivity index (χ1v) is 14.3. The molecule has 1 aliphatic heterocycles. The second-order valence-electron chi connectivity index (χ2n) is 10.8. The first kappa shape index (κ1) is 26.7. The van der Waals surface area contributed by atoms with Gasteiger partial charge in [-0.25, -0.2) is 9.37 Å². The Morgan fingerprint density at radius 2 is 1.63 bits per heavy atom. The summed E-state index contributed by atoms with van der Waals surface area (Å²) in [5, 5.41) is 6.46. The molecule has 9 heteroatoms. The summed E-state index contributed by atoms with van der Waals surface area (Å²) in [6.45, 7) is 1.55. The van der Waals surface area contributed by atoms with E-state index in [-0.39, 0.29) is 28.9 Å². The third-order valence-electron chi connectivity index (χ3n) is 8.02. The van der Waals surface area contributed by atoms with Crippen LogP contribution < -0.4 is 16.2 Å². The molecule has 6 rings (SSSR count). The molecule has 0 atom stereocenters. The van der Waals surface area contributed by atoms with Crippen molar-refractivity contribution in [2.24, 2.45) is 5.92 Å². The van der Waals surface area contributed by atoms with Gasteiger partial charge in [0, 0.05) is 47.7 Å². The van der Waals surface area contributed by atoms with Gasteiger partial charge in [-0.15, -0.1) is 0 Å². The van der Waals surface area contributed by atoms with Crippen molar-refractivity contribution >= 4 is 39.8 Å². The van der Waals surface area contributed by atoms with Crippen LogP contribution in [-0.4, -0.2) is 39.8 Å². The van der Waals surface area contributed by atoms with Crippen LogP contribution in [0.1, 0.15) is 55.3 Å². The van der Waals surface area contributed by atoms with E-state index in [2.05, 4.69) is 20.6 Å². The molecular formula is C32H32FN5O3. The summed E-state index contributed by atoms with van der Waals surface area (Å²) in [4.78, 5) is 47.3. The van der Waals surface area contributed by atoms with Gasteiger partial charge in [0.2, 0.25) is 5.91 Å². The van der Waals surface area contributed by atoms with Crippen molar-refractivity contribution in [1.82, 2.24) is 14.9 Å². The highest BCUT2D eigenvalue weighted by atomic mass is 19.1.